The summed E-state index contributed by atoms with van der Waals surface area (Å²) in [6, 6.07) is 7.63. The molecule has 3 fully saturated rings. The third-order valence-corrected chi connectivity index (χ3v) is 5.11. The molecule has 0 amide bonds. The number of ether oxygens (including phenoxy) is 5. The first-order chi connectivity index (χ1) is 12.3. The standard InChI is InChI=1S/C18H23N3O5/c1-17(2)22-9-12(24-17)14-13(15-16(23-14)26-18(3,4)25-15)21-11-8-6-5-7-10(11)19-20-21/h5-8,12-16H,9H2,1-4H3/t12?,13-,14?,15+,16+/m0/s1. The largest absolute Gasteiger partial charge is 0.348 e. The molecule has 3 saturated heterocycles. The number of aromatic nitrogens is 3. The van der Waals surface area contributed by atoms with Crippen LogP contribution >= 0.6 is 0 Å². The second-order valence-corrected chi connectivity index (χ2v) is 7.95. The lowest BCUT2D eigenvalue weighted by Gasteiger charge is -2.29. The lowest BCUT2D eigenvalue weighted by atomic mass is 10.0. The van der Waals surface area contributed by atoms with Crippen molar-refractivity contribution in [2.45, 2.75) is 69.9 Å². The molecule has 3 aliphatic rings. The molecular formula is C18H23N3O5. The first-order valence-corrected chi connectivity index (χ1v) is 8.96. The molecule has 2 aromatic rings. The minimum absolute atomic E-state index is 0.225. The van der Waals surface area contributed by atoms with Crippen LogP contribution < -0.4 is 0 Å². The van der Waals surface area contributed by atoms with E-state index in [2.05, 4.69) is 10.3 Å². The second-order valence-electron chi connectivity index (χ2n) is 7.95. The van der Waals surface area contributed by atoms with Gasteiger partial charge in [0, 0.05) is 0 Å². The number of hydrogen-bond acceptors (Lipinski definition) is 7. The summed E-state index contributed by atoms with van der Waals surface area (Å²) in [6.07, 6.45) is -1.32. The highest BCUT2D eigenvalue weighted by Gasteiger charge is 2.59. The van der Waals surface area contributed by atoms with Crippen molar-refractivity contribution < 1.29 is 23.7 Å². The van der Waals surface area contributed by atoms with Crippen molar-refractivity contribution in [1.29, 1.82) is 0 Å². The fraction of sp³-hybridized carbons (Fsp3) is 0.667. The lowest BCUT2D eigenvalue weighted by Crippen LogP contribution is -2.40. The topological polar surface area (TPSA) is 76.9 Å². The SMILES string of the molecule is CC1(C)OCC(C2O[C@@H]3OC(C)(C)O[C@@H]3[C@H]2n2nnc3ccccc32)O1. The fourth-order valence-corrected chi connectivity index (χ4v) is 4.09. The Morgan fingerprint density at radius 2 is 1.81 bits per heavy atom. The summed E-state index contributed by atoms with van der Waals surface area (Å²) in [5.74, 6) is -1.34. The second kappa shape index (κ2) is 5.46. The van der Waals surface area contributed by atoms with Gasteiger partial charge in [0.2, 0.25) is 0 Å². The molecule has 0 bridgehead atoms. The fourth-order valence-electron chi connectivity index (χ4n) is 4.09. The predicted molar refractivity (Wildman–Crippen MR) is 90.2 cm³/mol. The zero-order valence-electron chi connectivity index (χ0n) is 15.3. The van der Waals surface area contributed by atoms with Crippen LogP contribution in [0.5, 0.6) is 0 Å². The molecule has 0 saturated carbocycles. The van der Waals surface area contributed by atoms with Crippen LogP contribution in [0.25, 0.3) is 11.0 Å². The monoisotopic (exact) mass is 361 g/mol. The number of nitrogens with zero attached hydrogens (tertiary/aromatic N) is 3. The van der Waals surface area contributed by atoms with E-state index >= 15 is 0 Å². The van der Waals surface area contributed by atoms with E-state index in [9.17, 15) is 0 Å². The van der Waals surface area contributed by atoms with Gasteiger partial charge in [-0.2, -0.15) is 0 Å². The van der Waals surface area contributed by atoms with E-state index in [1.807, 2.05) is 56.6 Å². The van der Waals surface area contributed by atoms with Gasteiger partial charge in [0.25, 0.3) is 0 Å². The Morgan fingerprint density at radius 1 is 1.00 bits per heavy atom. The highest BCUT2D eigenvalue weighted by molar-refractivity contribution is 5.74. The van der Waals surface area contributed by atoms with Gasteiger partial charge in [0.1, 0.15) is 29.9 Å². The van der Waals surface area contributed by atoms with Crippen LogP contribution in [0.4, 0.5) is 0 Å². The van der Waals surface area contributed by atoms with E-state index in [0.717, 1.165) is 11.0 Å². The van der Waals surface area contributed by atoms with Gasteiger partial charge < -0.3 is 23.7 Å². The van der Waals surface area contributed by atoms with E-state index < -0.39 is 17.9 Å². The molecule has 140 valence electrons. The third-order valence-electron chi connectivity index (χ3n) is 5.11. The molecule has 0 aliphatic carbocycles. The molecule has 1 aromatic heterocycles. The van der Waals surface area contributed by atoms with Crippen molar-refractivity contribution in [3.05, 3.63) is 24.3 Å². The minimum atomic E-state index is -0.707. The van der Waals surface area contributed by atoms with Crippen LogP contribution in [0.15, 0.2) is 24.3 Å². The van der Waals surface area contributed by atoms with Gasteiger partial charge in [-0.3, -0.25) is 0 Å². The van der Waals surface area contributed by atoms with Crippen LogP contribution in [0, 0.1) is 0 Å². The molecule has 1 aromatic carbocycles. The Balaban J connectivity index is 1.55. The Hall–Kier alpha value is -1.58. The molecule has 3 aliphatic heterocycles. The first-order valence-electron chi connectivity index (χ1n) is 8.96. The van der Waals surface area contributed by atoms with Crippen LogP contribution in [-0.4, -0.2) is 57.8 Å². The molecule has 0 radical (unpaired) electrons. The molecule has 8 heteroatoms. The quantitative estimate of drug-likeness (QED) is 0.810. The maximum absolute atomic E-state index is 6.24. The summed E-state index contributed by atoms with van der Waals surface area (Å²) in [7, 11) is 0. The summed E-state index contributed by atoms with van der Waals surface area (Å²) >= 11 is 0. The van der Waals surface area contributed by atoms with Gasteiger partial charge in [0.05, 0.1) is 12.1 Å². The smallest absolute Gasteiger partial charge is 0.189 e. The average molecular weight is 361 g/mol. The van der Waals surface area contributed by atoms with Crippen LogP contribution in [0.2, 0.25) is 0 Å². The molecule has 5 rings (SSSR count). The maximum Gasteiger partial charge on any atom is 0.189 e. The average Bonchev–Trinajstić information content (AvgIpc) is 3.28. The Bertz CT molecular complexity index is 835. The molecule has 0 N–H and O–H groups in total. The number of para-hydroxylation sites is 1. The van der Waals surface area contributed by atoms with Crippen molar-refractivity contribution in [2.24, 2.45) is 0 Å². The van der Waals surface area contributed by atoms with Crippen LogP contribution in [0.1, 0.15) is 33.7 Å². The van der Waals surface area contributed by atoms with Gasteiger partial charge in [-0.15, -0.1) is 5.10 Å². The Kier molecular flexibility index (Phi) is 3.48. The molecule has 8 nitrogen and oxygen atoms in total. The van der Waals surface area contributed by atoms with E-state index in [1.54, 1.807) is 0 Å². The highest BCUT2D eigenvalue weighted by atomic mass is 16.8. The number of rotatable bonds is 2. The summed E-state index contributed by atoms with van der Waals surface area (Å²) in [6.45, 7) is 8.03. The normalized spacial score (nSPS) is 38.1. The first kappa shape index (κ1) is 16.6. The van der Waals surface area contributed by atoms with Gasteiger partial charge in [0.15, 0.2) is 17.9 Å². The van der Waals surface area contributed by atoms with Crippen LogP contribution in [-0.2, 0) is 23.7 Å². The van der Waals surface area contributed by atoms with E-state index in [-0.39, 0.29) is 24.4 Å². The van der Waals surface area contributed by atoms with Crippen LogP contribution in [0.3, 0.4) is 0 Å². The number of hydrogen-bond donors (Lipinski definition) is 0. The predicted octanol–water partition coefficient (Wildman–Crippen LogP) is 2.00. The van der Waals surface area contributed by atoms with E-state index in [4.69, 9.17) is 23.7 Å². The van der Waals surface area contributed by atoms with Gasteiger partial charge in [-0.1, -0.05) is 17.3 Å². The van der Waals surface area contributed by atoms with Crippen molar-refractivity contribution in [3.8, 4) is 0 Å². The summed E-state index contributed by atoms with van der Waals surface area (Å²) in [4.78, 5) is 0. The third kappa shape index (κ3) is 2.56. The molecule has 5 atom stereocenters. The number of fused-ring (bicyclic) bond motifs is 2. The van der Waals surface area contributed by atoms with Crippen molar-refractivity contribution in [1.82, 2.24) is 15.0 Å². The minimum Gasteiger partial charge on any atom is -0.348 e. The molecule has 0 spiro atoms. The van der Waals surface area contributed by atoms with Gasteiger partial charge in [-0.05, 0) is 39.8 Å². The van der Waals surface area contributed by atoms with Crippen molar-refractivity contribution in [2.75, 3.05) is 6.61 Å². The Labute approximate surface area is 151 Å². The molecule has 4 heterocycles. The van der Waals surface area contributed by atoms with E-state index in [0.29, 0.717) is 6.61 Å². The van der Waals surface area contributed by atoms with Gasteiger partial charge in [-0.25, -0.2) is 4.68 Å². The molecule has 2 unspecified atom stereocenters. The van der Waals surface area contributed by atoms with Crippen molar-refractivity contribution >= 4 is 11.0 Å². The maximum atomic E-state index is 6.24. The lowest BCUT2D eigenvalue weighted by molar-refractivity contribution is -0.226. The van der Waals surface area contributed by atoms with E-state index in [1.165, 1.54) is 0 Å². The Morgan fingerprint density at radius 3 is 2.58 bits per heavy atom. The zero-order valence-corrected chi connectivity index (χ0v) is 15.3. The van der Waals surface area contributed by atoms with Gasteiger partial charge >= 0.3 is 0 Å². The zero-order chi connectivity index (χ0) is 18.1. The molecule has 26 heavy (non-hydrogen) atoms. The van der Waals surface area contributed by atoms with Crippen molar-refractivity contribution in [3.63, 3.8) is 0 Å². The number of benzene rings is 1. The summed E-state index contributed by atoms with van der Waals surface area (Å²) in [5, 5.41) is 8.69. The highest BCUT2D eigenvalue weighted by Crippen LogP contribution is 2.46. The molecular weight excluding hydrogens is 338 g/mol. The summed E-state index contributed by atoms with van der Waals surface area (Å²) < 4.78 is 32.1. The summed E-state index contributed by atoms with van der Waals surface area (Å²) in [5.41, 5.74) is 1.76.